The van der Waals surface area contributed by atoms with Gasteiger partial charge in [0, 0.05) is 38.3 Å². The molecule has 1 aromatic rings. The number of benzene rings is 1. The van der Waals surface area contributed by atoms with E-state index in [0.29, 0.717) is 0 Å². The van der Waals surface area contributed by atoms with Crippen molar-refractivity contribution in [2.75, 3.05) is 26.2 Å². The van der Waals surface area contributed by atoms with Crippen molar-refractivity contribution < 1.29 is 8.78 Å². The van der Waals surface area contributed by atoms with E-state index in [-0.39, 0.29) is 18.4 Å². The van der Waals surface area contributed by atoms with E-state index >= 15 is 0 Å². The Morgan fingerprint density at radius 3 is 2.26 bits per heavy atom. The zero-order valence-electron chi connectivity index (χ0n) is 11.2. The third-order valence-electron chi connectivity index (χ3n) is 3.42. The number of hydrogen-bond donors (Lipinski definition) is 1. The van der Waals surface area contributed by atoms with E-state index in [9.17, 15) is 8.78 Å². The molecule has 0 aliphatic carbocycles. The summed E-state index contributed by atoms with van der Waals surface area (Å²) >= 11 is 0. The molecular weight excluding hydrogens is 270 g/mol. The van der Waals surface area contributed by atoms with Crippen molar-refractivity contribution in [2.45, 2.75) is 25.8 Å². The maximum absolute atomic E-state index is 13.3. The molecule has 108 valence electrons. The minimum absolute atomic E-state index is 0. The van der Waals surface area contributed by atoms with Gasteiger partial charge in [0.15, 0.2) is 0 Å². The van der Waals surface area contributed by atoms with Crippen molar-refractivity contribution in [1.29, 1.82) is 0 Å². The summed E-state index contributed by atoms with van der Waals surface area (Å²) in [4.78, 5) is 2.31. The number of halogens is 3. The predicted octanol–water partition coefficient (Wildman–Crippen LogP) is 3.13. The largest absolute Gasteiger partial charge is 0.314 e. The highest BCUT2D eigenvalue weighted by Crippen LogP contribution is 2.27. The molecule has 0 radical (unpaired) electrons. The van der Waals surface area contributed by atoms with Crippen LogP contribution in [0.3, 0.4) is 0 Å². The lowest BCUT2D eigenvalue weighted by atomic mass is 9.99. The van der Waals surface area contributed by atoms with E-state index in [1.165, 1.54) is 12.1 Å². The van der Waals surface area contributed by atoms with Crippen molar-refractivity contribution in [3.05, 3.63) is 35.4 Å². The third kappa shape index (κ3) is 4.41. The van der Waals surface area contributed by atoms with Crippen LogP contribution in [0.5, 0.6) is 0 Å². The van der Waals surface area contributed by atoms with Crippen molar-refractivity contribution in [1.82, 2.24) is 10.2 Å². The van der Waals surface area contributed by atoms with Gasteiger partial charge in [-0.15, -0.1) is 12.4 Å². The molecule has 5 heteroatoms. The lowest BCUT2D eigenvalue weighted by molar-refractivity contribution is 0.164. The first kappa shape index (κ1) is 16.3. The lowest BCUT2D eigenvalue weighted by Crippen LogP contribution is -2.45. The highest BCUT2D eigenvalue weighted by molar-refractivity contribution is 5.85. The number of hydrogen-bond acceptors (Lipinski definition) is 2. The standard InChI is InChI=1S/C14H20F2N2.ClH/c1-2-3-14(18-6-4-17-5-7-18)11-8-12(15)10-13(16)9-11;/h8-10,14,17H,2-7H2,1H3;1H/t14-;/m1./s1. The van der Waals surface area contributed by atoms with Crippen LogP contribution >= 0.6 is 12.4 Å². The first-order valence-electron chi connectivity index (χ1n) is 6.61. The Labute approximate surface area is 119 Å². The Morgan fingerprint density at radius 2 is 1.74 bits per heavy atom. The average molecular weight is 291 g/mol. The zero-order chi connectivity index (χ0) is 13.0. The van der Waals surface area contributed by atoms with Gasteiger partial charge in [0.1, 0.15) is 11.6 Å². The fraction of sp³-hybridized carbons (Fsp3) is 0.571. The molecule has 2 nitrogen and oxygen atoms in total. The molecule has 0 aromatic heterocycles. The number of nitrogens with zero attached hydrogens (tertiary/aromatic N) is 1. The molecule has 0 saturated carbocycles. The molecule has 1 aromatic carbocycles. The Morgan fingerprint density at radius 1 is 1.16 bits per heavy atom. The van der Waals surface area contributed by atoms with Gasteiger partial charge in [-0.05, 0) is 24.1 Å². The van der Waals surface area contributed by atoms with Gasteiger partial charge >= 0.3 is 0 Å². The van der Waals surface area contributed by atoms with Gasteiger partial charge < -0.3 is 5.32 Å². The summed E-state index contributed by atoms with van der Waals surface area (Å²) in [7, 11) is 0. The molecule has 0 unspecified atom stereocenters. The van der Waals surface area contributed by atoms with Gasteiger partial charge in [-0.25, -0.2) is 8.78 Å². The summed E-state index contributed by atoms with van der Waals surface area (Å²) in [5.41, 5.74) is 0.760. The van der Waals surface area contributed by atoms with Crippen LogP contribution in [0, 0.1) is 11.6 Å². The summed E-state index contributed by atoms with van der Waals surface area (Å²) < 4.78 is 26.6. The van der Waals surface area contributed by atoms with Gasteiger partial charge in [0.05, 0.1) is 0 Å². The molecule has 0 bridgehead atoms. The van der Waals surface area contributed by atoms with E-state index < -0.39 is 11.6 Å². The minimum atomic E-state index is -0.485. The molecule has 1 heterocycles. The topological polar surface area (TPSA) is 15.3 Å². The monoisotopic (exact) mass is 290 g/mol. The SMILES string of the molecule is CCC[C@H](c1cc(F)cc(F)c1)N1CCNCC1.Cl. The normalized spacial score (nSPS) is 17.8. The fourth-order valence-electron chi connectivity index (χ4n) is 2.59. The number of rotatable bonds is 4. The summed E-state index contributed by atoms with van der Waals surface area (Å²) in [6.45, 7) is 5.85. The molecule has 1 N–H and O–H groups in total. The van der Waals surface area contributed by atoms with Crippen molar-refractivity contribution in [3.63, 3.8) is 0 Å². The van der Waals surface area contributed by atoms with Crippen LogP contribution < -0.4 is 5.32 Å². The quantitative estimate of drug-likeness (QED) is 0.916. The second-order valence-electron chi connectivity index (χ2n) is 4.79. The van der Waals surface area contributed by atoms with Crippen LogP contribution in [0.4, 0.5) is 8.78 Å². The third-order valence-corrected chi connectivity index (χ3v) is 3.42. The molecular formula is C14H21ClF2N2. The van der Waals surface area contributed by atoms with Crippen molar-refractivity contribution >= 4 is 12.4 Å². The Kier molecular flexibility index (Phi) is 6.69. The van der Waals surface area contributed by atoms with E-state index in [2.05, 4.69) is 17.1 Å². The van der Waals surface area contributed by atoms with Gasteiger partial charge in [-0.3, -0.25) is 4.90 Å². The molecule has 1 aliphatic heterocycles. The number of nitrogens with one attached hydrogen (secondary N) is 1. The van der Waals surface area contributed by atoms with Gasteiger partial charge in [-0.1, -0.05) is 13.3 Å². The first-order valence-corrected chi connectivity index (χ1v) is 6.61. The molecule has 0 spiro atoms. The summed E-state index contributed by atoms with van der Waals surface area (Å²) in [6, 6.07) is 3.99. The Balaban J connectivity index is 0.00000180. The second kappa shape index (κ2) is 7.78. The van der Waals surface area contributed by atoms with Gasteiger partial charge in [-0.2, -0.15) is 0 Å². The van der Waals surface area contributed by atoms with E-state index in [1.807, 2.05) is 0 Å². The predicted molar refractivity (Wildman–Crippen MR) is 75.7 cm³/mol. The molecule has 1 saturated heterocycles. The molecule has 19 heavy (non-hydrogen) atoms. The first-order chi connectivity index (χ1) is 8.70. The highest BCUT2D eigenvalue weighted by atomic mass is 35.5. The lowest BCUT2D eigenvalue weighted by Gasteiger charge is -2.35. The molecule has 2 rings (SSSR count). The highest BCUT2D eigenvalue weighted by Gasteiger charge is 2.22. The van der Waals surface area contributed by atoms with Crippen LogP contribution in [-0.4, -0.2) is 31.1 Å². The Bertz CT molecular complexity index is 375. The Hall–Kier alpha value is -0.710. The zero-order valence-corrected chi connectivity index (χ0v) is 12.0. The van der Waals surface area contributed by atoms with Crippen LogP contribution in [0.15, 0.2) is 18.2 Å². The summed E-state index contributed by atoms with van der Waals surface area (Å²) in [5, 5.41) is 3.30. The second-order valence-corrected chi connectivity index (χ2v) is 4.79. The average Bonchev–Trinajstić information content (AvgIpc) is 2.36. The summed E-state index contributed by atoms with van der Waals surface area (Å²) in [5.74, 6) is -0.970. The van der Waals surface area contributed by atoms with Gasteiger partial charge in [0.2, 0.25) is 0 Å². The van der Waals surface area contributed by atoms with E-state index in [4.69, 9.17) is 0 Å². The summed E-state index contributed by atoms with van der Waals surface area (Å²) in [6.07, 6.45) is 1.94. The minimum Gasteiger partial charge on any atom is -0.314 e. The van der Waals surface area contributed by atoms with Crippen LogP contribution in [0.2, 0.25) is 0 Å². The van der Waals surface area contributed by atoms with Crippen molar-refractivity contribution in [2.24, 2.45) is 0 Å². The van der Waals surface area contributed by atoms with Gasteiger partial charge in [0.25, 0.3) is 0 Å². The van der Waals surface area contributed by atoms with E-state index in [1.54, 1.807) is 0 Å². The van der Waals surface area contributed by atoms with Crippen LogP contribution in [0.25, 0.3) is 0 Å². The molecule has 1 aliphatic rings. The molecule has 1 fully saturated rings. The van der Waals surface area contributed by atoms with Crippen LogP contribution in [0.1, 0.15) is 31.4 Å². The maximum Gasteiger partial charge on any atom is 0.126 e. The van der Waals surface area contributed by atoms with E-state index in [0.717, 1.165) is 50.7 Å². The number of piperazine rings is 1. The molecule has 0 amide bonds. The molecule has 1 atom stereocenters. The van der Waals surface area contributed by atoms with Crippen LogP contribution in [-0.2, 0) is 0 Å². The van der Waals surface area contributed by atoms with Crippen molar-refractivity contribution in [3.8, 4) is 0 Å². The maximum atomic E-state index is 13.3. The fourth-order valence-corrected chi connectivity index (χ4v) is 2.59. The smallest absolute Gasteiger partial charge is 0.126 e.